The van der Waals surface area contributed by atoms with Crippen LogP contribution < -0.4 is 5.32 Å². The van der Waals surface area contributed by atoms with Crippen LogP contribution in [0.3, 0.4) is 0 Å². The number of aliphatic hydroxyl groups excluding tert-OH is 1. The van der Waals surface area contributed by atoms with E-state index >= 15 is 0 Å². The molecule has 26 heteroatoms. The standard InChI is InChI=1S/C18H27NO2.C14H19NO.C12H23NO3.C12H21NO3.C12H23NO3.C12H21NO3.C10H19NO2.C7H13NO/c1-13(2)15-11-12-16(14-9-7-6-8-10-14)19(15)17(20)21-18(3,4)5;1-11(2)13-9-6-10-15(13)14(16)12-7-4-3-5-8-12;2*1-8(2)10-6-9(14)7-13(10)11(15)16-12(3,4)5;1-9(2)10-8-15-7-6-13(10)11(14)16-12(3,4)5;1-8(2)9-6-7-10(14)13(9)11(15)16-12(3,4)5;1-4-13-10(12)11-7-5-6-9(11)8(2)3;1-5(2)6-3-4-7(9)8-6/h6-10,13,15-16H,11-12H2,1-5H3;3-5,7-8,11,13H,6,9-10H2,1-2H3;8-10,14H,6-7H2,1-5H3;8,10H,6-7H2,1-5H3;9-10H,6-8H2,1-5H3;8-9H,6-7H2,1-5H3;8-9H,4-7H2,1-3H3;5-6H,3-4H2,1-2H3,(H,8,9)/t15-,16+;;9-,10+;2*10-;9-;;6-/m0.1010.1/s1. The van der Waals surface area contributed by atoms with Crippen molar-refractivity contribution in [3.63, 3.8) is 0 Å². The summed E-state index contributed by atoms with van der Waals surface area (Å²) in [6.07, 6.45) is 8.44. The first-order valence-electron chi connectivity index (χ1n) is 45.8. The van der Waals surface area contributed by atoms with E-state index in [9.17, 15) is 53.1 Å². The Morgan fingerprint density at radius 1 is 0.439 bits per heavy atom. The molecular weight excluding hydrogens is 1570 g/mol. The van der Waals surface area contributed by atoms with Gasteiger partial charge in [-0.05, 0) is 234 Å². The lowest BCUT2D eigenvalue weighted by Crippen LogP contribution is -2.52. The van der Waals surface area contributed by atoms with Crippen molar-refractivity contribution in [2.75, 3.05) is 52.5 Å². The molecule has 10 atom stereocenters. The second-order valence-electron chi connectivity index (χ2n) is 41.5. The van der Waals surface area contributed by atoms with Crippen LogP contribution in [-0.2, 0) is 47.5 Å². The average Bonchev–Trinajstić information content (AvgIpc) is 1.66. The lowest BCUT2D eigenvalue weighted by atomic mass is 10.0. The lowest BCUT2D eigenvalue weighted by molar-refractivity contribution is -0.128. The van der Waals surface area contributed by atoms with Gasteiger partial charge in [-0.2, -0.15) is 0 Å². The van der Waals surface area contributed by atoms with Crippen molar-refractivity contribution in [1.82, 2.24) is 39.6 Å². The van der Waals surface area contributed by atoms with Gasteiger partial charge in [0.2, 0.25) is 11.8 Å². The normalized spacial score (nSPS) is 22.9. The first kappa shape index (κ1) is 109. The largest absolute Gasteiger partial charge is 0.450 e. The molecule has 2 N–H and O–H groups in total. The summed E-state index contributed by atoms with van der Waals surface area (Å²) < 4.78 is 37.3. The number of carbonyl (C=O) groups excluding carboxylic acids is 10. The number of nitrogens with one attached hydrogen (secondary N) is 1. The van der Waals surface area contributed by atoms with Crippen molar-refractivity contribution in [3.8, 4) is 0 Å². The average molecular weight is 1730 g/mol. The molecule has 702 valence electrons. The molecule has 9 amide bonds. The van der Waals surface area contributed by atoms with Crippen molar-refractivity contribution in [1.29, 1.82) is 0 Å². The molecule has 2 aromatic carbocycles. The molecule has 8 saturated heterocycles. The Balaban J connectivity index is 0.000000366. The summed E-state index contributed by atoms with van der Waals surface area (Å²) in [6, 6.07) is 21.7. The third-order valence-electron chi connectivity index (χ3n) is 22.2. The third-order valence-corrected chi connectivity index (χ3v) is 22.2. The highest BCUT2D eigenvalue weighted by Crippen LogP contribution is 2.41. The summed E-state index contributed by atoms with van der Waals surface area (Å²) in [7, 11) is 0. The number of amides is 9. The zero-order valence-corrected chi connectivity index (χ0v) is 81.8. The number of benzene rings is 2. The number of carbonyl (C=O) groups is 10. The molecule has 10 rings (SSSR count). The molecule has 26 nitrogen and oxygen atoms in total. The Hall–Kier alpha value is -7.74. The van der Waals surface area contributed by atoms with Crippen LogP contribution in [0.5, 0.6) is 0 Å². The van der Waals surface area contributed by atoms with Crippen molar-refractivity contribution < 1.29 is 86.2 Å². The van der Waals surface area contributed by atoms with Crippen LogP contribution in [0.2, 0.25) is 0 Å². The van der Waals surface area contributed by atoms with Crippen LogP contribution in [-0.4, -0.2) is 234 Å². The molecule has 0 saturated carbocycles. The highest BCUT2D eigenvalue weighted by molar-refractivity contribution is 5.95. The summed E-state index contributed by atoms with van der Waals surface area (Å²) in [6.45, 7) is 68.0. The number of β-amino-alcohol motifs (C(OH)–C–C–N with tert-alkyl or cyclic N) is 1. The second kappa shape index (κ2) is 50.0. The number of rotatable bonds is 11. The van der Waals surface area contributed by atoms with E-state index in [2.05, 4.69) is 101 Å². The van der Waals surface area contributed by atoms with Gasteiger partial charge in [0.1, 0.15) is 28.0 Å². The van der Waals surface area contributed by atoms with Gasteiger partial charge in [-0.3, -0.25) is 29.0 Å². The Labute approximate surface area is 741 Å². The molecule has 8 heterocycles. The van der Waals surface area contributed by atoms with E-state index in [1.165, 1.54) is 10.5 Å². The number of aliphatic hydroxyl groups is 1. The SMILES string of the molecule is CC(C)C1CCCN1C(=O)c1ccccc1.CC(C)[C@@H]1CC(=O)CN1C(=O)OC(C)(C)C.CC(C)[C@@H]1CCC(=O)N1C(=O)OC(C)(C)C.CC(C)[C@@H]1CC[C@H](c2ccccc2)N1C(=O)OC(C)(C)C.CC(C)[C@@H]1C[C@@H](O)CN1C(=O)OC(C)(C)C.CC(C)[C@H]1CCC(=O)N1.CC(C)[C@H]1COCCN1C(=O)OC(C)(C)C.CCOC(=O)N1CCCC1C(C)C. The number of likely N-dealkylation sites (tertiary alicyclic amines) is 6. The van der Waals surface area contributed by atoms with Crippen LogP contribution in [0.25, 0.3) is 0 Å². The van der Waals surface area contributed by atoms with E-state index in [0.717, 1.165) is 76.4 Å². The number of Topliss-reactive ketones (excluding diaryl/α,β-unsaturated/α-hetero) is 1. The number of hydrogen-bond acceptors (Lipinski definition) is 18. The highest BCUT2D eigenvalue weighted by atomic mass is 16.6. The molecule has 0 spiro atoms. The molecule has 8 aliphatic rings. The first-order valence-corrected chi connectivity index (χ1v) is 45.8. The van der Waals surface area contributed by atoms with Gasteiger partial charge in [-0.1, -0.05) is 159 Å². The first-order chi connectivity index (χ1) is 56.8. The zero-order valence-electron chi connectivity index (χ0n) is 81.8. The Morgan fingerprint density at radius 2 is 0.870 bits per heavy atom. The fourth-order valence-electron chi connectivity index (χ4n) is 16.1. The minimum absolute atomic E-state index is 0.0117. The highest BCUT2D eigenvalue weighted by Gasteiger charge is 2.45. The number of ether oxygens (including phenoxy) is 7. The predicted octanol–water partition coefficient (Wildman–Crippen LogP) is 20.0. The maximum absolute atomic E-state index is 12.7. The summed E-state index contributed by atoms with van der Waals surface area (Å²) in [5.41, 5.74) is -0.418. The minimum atomic E-state index is -0.554. The molecular formula is C97H166N8O18. The summed E-state index contributed by atoms with van der Waals surface area (Å²) in [4.78, 5) is 130. The fraction of sp³-hybridized carbons (Fsp3) is 0.773. The van der Waals surface area contributed by atoms with Gasteiger partial charge in [0.15, 0.2) is 5.78 Å². The Bertz CT molecular complexity index is 3530. The third kappa shape index (κ3) is 38.2. The Morgan fingerprint density at radius 3 is 1.31 bits per heavy atom. The van der Waals surface area contributed by atoms with Gasteiger partial charge in [0.25, 0.3) is 5.91 Å². The van der Waals surface area contributed by atoms with Gasteiger partial charge < -0.3 is 63.2 Å². The monoisotopic (exact) mass is 1730 g/mol. The van der Waals surface area contributed by atoms with E-state index in [1.807, 2.05) is 181 Å². The van der Waals surface area contributed by atoms with Gasteiger partial charge in [0.05, 0.1) is 51.1 Å². The van der Waals surface area contributed by atoms with Crippen LogP contribution in [0.4, 0.5) is 28.8 Å². The Kier molecular flexibility index (Phi) is 44.5. The quantitative estimate of drug-likeness (QED) is 0.198. The maximum atomic E-state index is 12.7. The topological polar surface area (TPSA) is 290 Å². The van der Waals surface area contributed by atoms with E-state index in [4.69, 9.17) is 33.2 Å². The smallest absolute Gasteiger partial charge is 0.417 e. The van der Waals surface area contributed by atoms with E-state index in [1.54, 1.807) is 35.5 Å². The summed E-state index contributed by atoms with van der Waals surface area (Å²) >= 11 is 0. The number of ketones is 1. The predicted molar refractivity (Wildman–Crippen MR) is 485 cm³/mol. The molecule has 2 aromatic rings. The molecule has 8 fully saturated rings. The lowest BCUT2D eigenvalue weighted by Gasteiger charge is -2.38. The second-order valence-corrected chi connectivity index (χ2v) is 41.5. The van der Waals surface area contributed by atoms with E-state index in [-0.39, 0.29) is 109 Å². The number of imide groups is 1. The molecule has 2 unspecified atom stereocenters. The summed E-state index contributed by atoms with van der Waals surface area (Å²) in [5, 5.41) is 12.5. The number of nitrogens with zero attached hydrogens (tertiary/aromatic N) is 7. The van der Waals surface area contributed by atoms with Crippen molar-refractivity contribution in [2.45, 2.75) is 387 Å². The van der Waals surface area contributed by atoms with Crippen molar-refractivity contribution in [2.24, 2.45) is 47.3 Å². The van der Waals surface area contributed by atoms with Crippen molar-refractivity contribution >= 4 is 60.1 Å². The van der Waals surface area contributed by atoms with Crippen molar-refractivity contribution in [3.05, 3.63) is 71.8 Å². The van der Waals surface area contributed by atoms with Crippen LogP contribution in [0, 0.1) is 47.3 Å². The molecule has 0 aromatic heterocycles. The number of morpholine rings is 1. The zero-order chi connectivity index (χ0) is 93.7. The van der Waals surface area contributed by atoms with Crippen LogP contribution in [0.1, 0.15) is 321 Å². The van der Waals surface area contributed by atoms with Gasteiger partial charge in [-0.25, -0.2) is 33.7 Å². The van der Waals surface area contributed by atoms with Gasteiger partial charge >= 0.3 is 36.6 Å². The molecule has 123 heavy (non-hydrogen) atoms. The number of hydrogen-bond donors (Lipinski definition) is 2. The maximum Gasteiger partial charge on any atom is 0.417 e. The van der Waals surface area contributed by atoms with Crippen LogP contribution in [0.15, 0.2) is 60.7 Å². The van der Waals surface area contributed by atoms with Crippen LogP contribution >= 0.6 is 0 Å². The summed E-state index contributed by atoms with van der Waals surface area (Å²) in [5.74, 6) is 3.79. The van der Waals surface area contributed by atoms with Gasteiger partial charge in [-0.15, -0.1) is 0 Å². The fourth-order valence-corrected chi connectivity index (χ4v) is 16.1. The minimum Gasteiger partial charge on any atom is -0.450 e. The molecule has 0 radical (unpaired) electrons. The molecule has 0 aliphatic carbocycles. The molecule has 8 aliphatic heterocycles. The van der Waals surface area contributed by atoms with Gasteiger partial charge in [0, 0.05) is 86.8 Å². The van der Waals surface area contributed by atoms with E-state index < -0.39 is 40.2 Å². The molecule has 0 bridgehead atoms. The van der Waals surface area contributed by atoms with E-state index in [0.29, 0.717) is 106 Å².